The highest BCUT2D eigenvalue weighted by molar-refractivity contribution is 7.98. The van der Waals surface area contributed by atoms with Crippen molar-refractivity contribution in [2.24, 2.45) is 0 Å². The highest BCUT2D eigenvalue weighted by Crippen LogP contribution is 2.22. The molecule has 1 aromatic carbocycles. The molecule has 2 aromatic heterocycles. The van der Waals surface area contributed by atoms with Gasteiger partial charge in [0.05, 0.1) is 29.1 Å². The van der Waals surface area contributed by atoms with E-state index in [0.717, 1.165) is 21.9 Å². The van der Waals surface area contributed by atoms with Crippen LogP contribution in [0, 0.1) is 6.92 Å². The van der Waals surface area contributed by atoms with Gasteiger partial charge in [-0.1, -0.05) is 17.8 Å². The first-order chi connectivity index (χ1) is 9.20. The molecule has 0 saturated carbocycles. The fourth-order valence-corrected chi connectivity index (χ4v) is 2.53. The van der Waals surface area contributed by atoms with Crippen molar-refractivity contribution in [2.45, 2.75) is 17.8 Å². The van der Waals surface area contributed by atoms with Crippen molar-refractivity contribution >= 4 is 28.6 Å². The number of aryl methyl sites for hydroxylation is 1. The Kier molecular flexibility index (Phi) is 3.08. The molecule has 0 spiro atoms. The molecule has 0 fully saturated rings. The third-order valence-corrected chi connectivity index (χ3v) is 3.60. The van der Waals surface area contributed by atoms with Crippen molar-refractivity contribution in [3.63, 3.8) is 0 Å². The lowest BCUT2D eigenvalue weighted by atomic mass is 10.2. The lowest BCUT2D eigenvalue weighted by Crippen LogP contribution is -1.94. The van der Waals surface area contributed by atoms with Gasteiger partial charge < -0.3 is 10.7 Å². The number of H-pyrrole nitrogens is 1. The van der Waals surface area contributed by atoms with E-state index in [9.17, 15) is 0 Å². The van der Waals surface area contributed by atoms with Crippen LogP contribution >= 0.6 is 11.8 Å². The molecule has 5 nitrogen and oxygen atoms in total. The van der Waals surface area contributed by atoms with Crippen molar-refractivity contribution < 1.29 is 0 Å². The summed E-state index contributed by atoms with van der Waals surface area (Å²) >= 11 is 1.60. The molecule has 0 saturated heterocycles. The molecule has 0 radical (unpaired) electrons. The number of hydrogen-bond acceptors (Lipinski definition) is 5. The highest BCUT2D eigenvalue weighted by Gasteiger charge is 2.04. The smallest absolute Gasteiger partial charge is 0.166 e. The summed E-state index contributed by atoms with van der Waals surface area (Å²) in [5.74, 6) is 1.15. The average molecular weight is 271 g/mol. The Labute approximate surface area is 114 Å². The van der Waals surface area contributed by atoms with E-state index in [1.165, 1.54) is 5.56 Å². The Balaban J connectivity index is 1.76. The summed E-state index contributed by atoms with van der Waals surface area (Å²) in [4.78, 5) is 16.0. The molecule has 0 aliphatic carbocycles. The summed E-state index contributed by atoms with van der Waals surface area (Å²) in [5, 5.41) is 0.888. The number of benzene rings is 1. The zero-order valence-corrected chi connectivity index (χ0v) is 11.2. The second-order valence-electron chi connectivity index (χ2n) is 4.28. The van der Waals surface area contributed by atoms with Gasteiger partial charge >= 0.3 is 0 Å². The molecule has 96 valence electrons. The molecular formula is C13H13N5S. The number of hydrogen-bond donors (Lipinski definition) is 2. The number of aromatic nitrogens is 4. The van der Waals surface area contributed by atoms with E-state index >= 15 is 0 Å². The first kappa shape index (κ1) is 12.0. The third kappa shape index (κ3) is 2.68. The maximum absolute atomic E-state index is 5.50. The monoisotopic (exact) mass is 271 g/mol. The fraction of sp³-hybridized carbons (Fsp3) is 0.154. The minimum absolute atomic E-state index is 0.438. The Morgan fingerprint density at radius 1 is 1.26 bits per heavy atom. The molecule has 0 amide bonds. The number of nitrogens with two attached hydrogens (primary N) is 1. The van der Waals surface area contributed by atoms with Crippen LogP contribution < -0.4 is 5.73 Å². The zero-order valence-electron chi connectivity index (χ0n) is 10.4. The first-order valence-electron chi connectivity index (χ1n) is 5.86. The summed E-state index contributed by atoms with van der Waals surface area (Å²) < 4.78 is 0. The highest BCUT2D eigenvalue weighted by atomic mass is 32.2. The van der Waals surface area contributed by atoms with Crippen LogP contribution in [0.1, 0.15) is 11.3 Å². The van der Waals surface area contributed by atoms with Crippen LogP contribution in [-0.4, -0.2) is 19.9 Å². The van der Waals surface area contributed by atoms with E-state index in [0.29, 0.717) is 11.6 Å². The lowest BCUT2D eigenvalue weighted by molar-refractivity contribution is 1.06. The predicted molar refractivity (Wildman–Crippen MR) is 76.8 cm³/mol. The van der Waals surface area contributed by atoms with Crippen molar-refractivity contribution in [1.82, 2.24) is 19.9 Å². The first-order valence-corrected chi connectivity index (χ1v) is 6.85. The SMILES string of the molecule is Cc1ccc2nc(SCc3cnc(N)cn3)[nH]c2c1. The third-order valence-electron chi connectivity index (χ3n) is 2.70. The van der Waals surface area contributed by atoms with E-state index in [-0.39, 0.29) is 0 Å². The number of nitrogens with one attached hydrogen (secondary N) is 1. The van der Waals surface area contributed by atoms with Gasteiger partial charge in [-0.2, -0.15) is 0 Å². The summed E-state index contributed by atoms with van der Waals surface area (Å²) in [6.45, 7) is 2.07. The molecule has 2 heterocycles. The molecule has 0 unspecified atom stereocenters. The quantitative estimate of drug-likeness (QED) is 0.715. The van der Waals surface area contributed by atoms with E-state index < -0.39 is 0 Å². The number of fused-ring (bicyclic) bond motifs is 1. The minimum atomic E-state index is 0.438. The van der Waals surface area contributed by atoms with Crippen LogP contribution in [0.4, 0.5) is 5.82 Å². The number of anilines is 1. The average Bonchev–Trinajstić information content (AvgIpc) is 2.80. The van der Waals surface area contributed by atoms with Crippen molar-refractivity contribution in [2.75, 3.05) is 5.73 Å². The van der Waals surface area contributed by atoms with Gasteiger partial charge in [-0.25, -0.2) is 9.97 Å². The van der Waals surface area contributed by atoms with Gasteiger partial charge in [0.2, 0.25) is 0 Å². The topological polar surface area (TPSA) is 80.5 Å². The van der Waals surface area contributed by atoms with Crippen LogP contribution in [0.2, 0.25) is 0 Å². The molecule has 3 rings (SSSR count). The Morgan fingerprint density at radius 2 is 2.16 bits per heavy atom. The van der Waals surface area contributed by atoms with E-state index in [1.807, 2.05) is 6.07 Å². The molecule has 0 bridgehead atoms. The molecular weight excluding hydrogens is 258 g/mol. The molecule has 3 aromatic rings. The predicted octanol–water partition coefficient (Wildman–Crippen LogP) is 2.54. The zero-order chi connectivity index (χ0) is 13.2. The van der Waals surface area contributed by atoms with Crippen molar-refractivity contribution in [1.29, 1.82) is 0 Å². The second kappa shape index (κ2) is 4.89. The van der Waals surface area contributed by atoms with Gasteiger partial charge in [0, 0.05) is 5.75 Å². The molecule has 0 aliphatic heterocycles. The maximum Gasteiger partial charge on any atom is 0.166 e. The second-order valence-corrected chi connectivity index (χ2v) is 5.25. The number of nitrogen functional groups attached to an aromatic ring is 1. The van der Waals surface area contributed by atoms with E-state index in [2.05, 4.69) is 39.0 Å². The van der Waals surface area contributed by atoms with Crippen LogP contribution in [0.5, 0.6) is 0 Å². The Morgan fingerprint density at radius 3 is 2.95 bits per heavy atom. The van der Waals surface area contributed by atoms with Gasteiger partial charge in [-0.3, -0.25) is 4.98 Å². The Bertz CT molecular complexity index is 705. The largest absolute Gasteiger partial charge is 0.382 e. The minimum Gasteiger partial charge on any atom is -0.382 e. The summed E-state index contributed by atoms with van der Waals surface area (Å²) in [6.07, 6.45) is 3.26. The van der Waals surface area contributed by atoms with Gasteiger partial charge in [0.15, 0.2) is 5.16 Å². The molecule has 0 aliphatic rings. The number of aromatic amines is 1. The van der Waals surface area contributed by atoms with Crippen LogP contribution in [0.25, 0.3) is 11.0 Å². The van der Waals surface area contributed by atoms with Crippen molar-refractivity contribution in [3.05, 3.63) is 41.9 Å². The number of nitrogens with zero attached hydrogens (tertiary/aromatic N) is 3. The van der Waals surface area contributed by atoms with Gasteiger partial charge in [-0.15, -0.1) is 0 Å². The summed E-state index contributed by atoms with van der Waals surface area (Å²) in [5.41, 5.74) is 9.65. The van der Waals surface area contributed by atoms with E-state index in [1.54, 1.807) is 24.2 Å². The standard InChI is InChI=1S/C13H13N5S/c1-8-2-3-10-11(4-8)18-13(17-10)19-7-9-5-16-12(14)6-15-9/h2-6H,7H2,1H3,(H2,14,16)(H,17,18). The van der Waals surface area contributed by atoms with Gasteiger partial charge in [-0.05, 0) is 24.6 Å². The summed E-state index contributed by atoms with van der Waals surface area (Å²) in [6, 6.07) is 6.17. The van der Waals surface area contributed by atoms with Crippen molar-refractivity contribution in [3.8, 4) is 0 Å². The fourth-order valence-electron chi connectivity index (χ4n) is 1.75. The molecule has 6 heteroatoms. The summed E-state index contributed by atoms with van der Waals surface area (Å²) in [7, 11) is 0. The normalized spacial score (nSPS) is 11.0. The van der Waals surface area contributed by atoms with Gasteiger partial charge in [0.25, 0.3) is 0 Å². The van der Waals surface area contributed by atoms with Gasteiger partial charge in [0.1, 0.15) is 5.82 Å². The molecule has 3 N–H and O–H groups in total. The maximum atomic E-state index is 5.50. The molecule has 0 atom stereocenters. The van der Waals surface area contributed by atoms with Crippen LogP contribution in [0.3, 0.4) is 0 Å². The number of imidazole rings is 1. The lowest BCUT2D eigenvalue weighted by Gasteiger charge is -1.97. The molecule has 19 heavy (non-hydrogen) atoms. The van der Waals surface area contributed by atoms with Crippen LogP contribution in [-0.2, 0) is 5.75 Å². The number of rotatable bonds is 3. The van der Waals surface area contributed by atoms with E-state index in [4.69, 9.17) is 5.73 Å². The van der Waals surface area contributed by atoms with Crippen LogP contribution in [0.15, 0.2) is 35.7 Å². The Hall–Kier alpha value is -2.08. The number of thioether (sulfide) groups is 1.